The van der Waals surface area contributed by atoms with E-state index in [4.69, 9.17) is 4.55 Å². The van der Waals surface area contributed by atoms with E-state index in [9.17, 15) is 13.2 Å². The fourth-order valence-electron chi connectivity index (χ4n) is 0.969. The Bertz CT molecular complexity index is 313. The lowest BCUT2D eigenvalue weighted by Gasteiger charge is -2.15. The topological polar surface area (TPSA) is 86.7 Å². The van der Waals surface area contributed by atoms with Crippen LogP contribution in [0.4, 0.5) is 0 Å². The lowest BCUT2D eigenvalue weighted by Crippen LogP contribution is -2.38. The summed E-state index contributed by atoms with van der Waals surface area (Å²) in [7, 11) is -2.33. The van der Waals surface area contributed by atoms with Crippen molar-refractivity contribution in [3.05, 3.63) is 0 Å². The van der Waals surface area contributed by atoms with E-state index in [1.54, 1.807) is 11.9 Å². The first-order chi connectivity index (χ1) is 7.20. The summed E-state index contributed by atoms with van der Waals surface area (Å²) in [6, 6.07) is 0. The van der Waals surface area contributed by atoms with E-state index in [0.29, 0.717) is 12.5 Å². The number of nitrogens with one attached hydrogen (secondary N) is 1. The average Bonchev–Trinajstić information content (AvgIpc) is 2.10. The minimum atomic E-state index is -3.95. The number of carbonyl (C=O) groups is 1. The molecule has 0 aliphatic heterocycles. The molecule has 2 N–H and O–H groups in total. The van der Waals surface area contributed by atoms with E-state index in [1.807, 2.05) is 13.8 Å². The zero-order valence-electron chi connectivity index (χ0n) is 9.93. The van der Waals surface area contributed by atoms with Crippen molar-refractivity contribution in [3.8, 4) is 0 Å². The Labute approximate surface area is 96.8 Å². The van der Waals surface area contributed by atoms with Gasteiger partial charge in [0.1, 0.15) is 0 Å². The molecule has 0 atom stereocenters. The fraction of sp³-hybridized carbons (Fsp3) is 0.889. The molecular formula is C9H20N2O4S. The number of rotatable bonds is 7. The molecule has 0 rings (SSSR count). The number of hydrogen-bond acceptors (Lipinski definition) is 4. The molecule has 0 aliphatic rings. The summed E-state index contributed by atoms with van der Waals surface area (Å²) in [5.41, 5.74) is 0. The highest BCUT2D eigenvalue weighted by atomic mass is 32.2. The molecule has 0 saturated heterocycles. The molecule has 0 heterocycles. The van der Waals surface area contributed by atoms with Crippen LogP contribution >= 0.6 is 0 Å². The lowest BCUT2D eigenvalue weighted by atomic mass is 10.2. The molecule has 0 aromatic heterocycles. The Hall–Kier alpha value is -0.660. The summed E-state index contributed by atoms with van der Waals surface area (Å²) in [5, 5.41) is 2.72. The highest BCUT2D eigenvalue weighted by molar-refractivity contribution is 7.85. The van der Waals surface area contributed by atoms with E-state index >= 15 is 0 Å². The van der Waals surface area contributed by atoms with Crippen LogP contribution in [0.15, 0.2) is 0 Å². The molecule has 0 bridgehead atoms. The van der Waals surface area contributed by atoms with Crippen molar-refractivity contribution in [2.24, 2.45) is 5.92 Å². The first-order valence-corrected chi connectivity index (χ1v) is 6.72. The van der Waals surface area contributed by atoms with Crippen LogP contribution in [0.2, 0.25) is 0 Å². The maximum Gasteiger partial charge on any atom is 0.266 e. The highest BCUT2D eigenvalue weighted by Gasteiger charge is 2.10. The SMILES string of the molecule is CC(C)CNC(=O)CN(C)CCS(=O)(=O)O. The van der Waals surface area contributed by atoms with Gasteiger partial charge in [-0.25, -0.2) is 0 Å². The molecule has 1 amide bonds. The van der Waals surface area contributed by atoms with Gasteiger partial charge in [-0.05, 0) is 13.0 Å². The number of likely N-dealkylation sites (N-methyl/N-ethyl adjacent to an activating group) is 1. The molecule has 0 radical (unpaired) electrons. The summed E-state index contributed by atoms with van der Waals surface area (Å²) in [5.74, 6) is -0.125. The molecule has 6 nitrogen and oxygen atoms in total. The third-order valence-electron chi connectivity index (χ3n) is 1.85. The van der Waals surface area contributed by atoms with Gasteiger partial charge in [-0.3, -0.25) is 14.2 Å². The smallest absolute Gasteiger partial charge is 0.266 e. The van der Waals surface area contributed by atoms with Crippen molar-refractivity contribution < 1.29 is 17.8 Å². The third kappa shape index (κ3) is 9.88. The molecule has 0 saturated carbocycles. The number of nitrogens with zero attached hydrogens (tertiary/aromatic N) is 1. The maximum absolute atomic E-state index is 11.3. The monoisotopic (exact) mass is 252 g/mol. The summed E-state index contributed by atoms with van der Waals surface area (Å²) in [6.45, 7) is 4.84. The molecule has 0 aliphatic carbocycles. The Morgan fingerprint density at radius 1 is 1.44 bits per heavy atom. The normalized spacial score (nSPS) is 12.1. The standard InChI is InChI=1S/C9H20N2O4S/c1-8(2)6-10-9(12)7-11(3)4-5-16(13,14)15/h8H,4-7H2,1-3H3,(H,10,12)(H,13,14,15). The second-order valence-corrected chi connectivity index (χ2v) is 5.79. The Balaban J connectivity index is 3.79. The van der Waals surface area contributed by atoms with Crippen LogP contribution < -0.4 is 5.32 Å². The largest absolute Gasteiger partial charge is 0.355 e. The van der Waals surface area contributed by atoms with Gasteiger partial charge in [-0.1, -0.05) is 13.8 Å². The van der Waals surface area contributed by atoms with Gasteiger partial charge in [-0.15, -0.1) is 0 Å². The second kappa shape index (κ2) is 6.82. The zero-order valence-corrected chi connectivity index (χ0v) is 10.7. The van der Waals surface area contributed by atoms with Crippen molar-refractivity contribution in [1.29, 1.82) is 0 Å². The first kappa shape index (κ1) is 15.3. The molecule has 16 heavy (non-hydrogen) atoms. The Kier molecular flexibility index (Phi) is 6.54. The van der Waals surface area contributed by atoms with E-state index in [0.717, 1.165) is 0 Å². The summed E-state index contributed by atoms with van der Waals surface area (Å²) < 4.78 is 29.5. The van der Waals surface area contributed by atoms with Gasteiger partial charge in [0.25, 0.3) is 10.1 Å². The number of hydrogen-bond donors (Lipinski definition) is 2. The van der Waals surface area contributed by atoms with Gasteiger partial charge in [0.2, 0.25) is 5.91 Å². The fourth-order valence-corrected chi connectivity index (χ4v) is 1.51. The molecule has 0 fully saturated rings. The van der Waals surface area contributed by atoms with Crippen LogP contribution in [0.3, 0.4) is 0 Å². The van der Waals surface area contributed by atoms with Gasteiger partial charge < -0.3 is 5.32 Å². The van der Waals surface area contributed by atoms with Crippen LogP contribution in [0.25, 0.3) is 0 Å². The highest BCUT2D eigenvalue weighted by Crippen LogP contribution is 1.89. The van der Waals surface area contributed by atoms with Crippen LogP contribution in [-0.2, 0) is 14.9 Å². The molecule has 0 aromatic carbocycles. The van der Waals surface area contributed by atoms with Crippen LogP contribution in [-0.4, -0.2) is 56.2 Å². The molecule has 7 heteroatoms. The molecule has 0 unspecified atom stereocenters. The minimum Gasteiger partial charge on any atom is -0.355 e. The number of carbonyl (C=O) groups excluding carboxylic acids is 1. The molecule has 96 valence electrons. The van der Waals surface area contributed by atoms with E-state index < -0.39 is 10.1 Å². The second-order valence-electron chi connectivity index (χ2n) is 4.22. The van der Waals surface area contributed by atoms with Gasteiger partial charge >= 0.3 is 0 Å². The average molecular weight is 252 g/mol. The summed E-state index contributed by atoms with van der Waals surface area (Å²) >= 11 is 0. The lowest BCUT2D eigenvalue weighted by molar-refractivity contribution is -0.122. The zero-order chi connectivity index (χ0) is 12.8. The van der Waals surface area contributed by atoms with Crippen molar-refractivity contribution in [2.75, 3.05) is 32.4 Å². The van der Waals surface area contributed by atoms with Crippen LogP contribution in [0, 0.1) is 5.92 Å². The van der Waals surface area contributed by atoms with Crippen molar-refractivity contribution in [1.82, 2.24) is 10.2 Å². The predicted octanol–water partition coefficient (Wildman–Crippen LogP) is -0.422. The third-order valence-corrected chi connectivity index (χ3v) is 2.55. The van der Waals surface area contributed by atoms with Crippen molar-refractivity contribution >= 4 is 16.0 Å². The first-order valence-electron chi connectivity index (χ1n) is 5.11. The van der Waals surface area contributed by atoms with Crippen LogP contribution in [0.5, 0.6) is 0 Å². The van der Waals surface area contributed by atoms with Gasteiger partial charge in [-0.2, -0.15) is 8.42 Å². The van der Waals surface area contributed by atoms with E-state index in [2.05, 4.69) is 5.32 Å². The maximum atomic E-state index is 11.3. The number of amides is 1. The summed E-state index contributed by atoms with van der Waals surface area (Å²) in [6.07, 6.45) is 0. The Morgan fingerprint density at radius 3 is 2.44 bits per heavy atom. The van der Waals surface area contributed by atoms with Crippen molar-refractivity contribution in [3.63, 3.8) is 0 Å². The predicted molar refractivity (Wildman–Crippen MR) is 61.8 cm³/mol. The molecular weight excluding hydrogens is 232 g/mol. The molecule has 0 spiro atoms. The van der Waals surface area contributed by atoms with Crippen molar-refractivity contribution in [2.45, 2.75) is 13.8 Å². The Morgan fingerprint density at radius 2 is 2.00 bits per heavy atom. The molecule has 0 aromatic rings. The van der Waals surface area contributed by atoms with E-state index in [-0.39, 0.29) is 24.7 Å². The van der Waals surface area contributed by atoms with E-state index in [1.165, 1.54) is 0 Å². The van der Waals surface area contributed by atoms with Crippen LogP contribution in [0.1, 0.15) is 13.8 Å². The van der Waals surface area contributed by atoms with Gasteiger partial charge in [0.05, 0.1) is 12.3 Å². The summed E-state index contributed by atoms with van der Waals surface area (Å²) in [4.78, 5) is 12.9. The van der Waals surface area contributed by atoms with Gasteiger partial charge in [0.15, 0.2) is 0 Å². The minimum absolute atomic E-state index is 0.127. The quantitative estimate of drug-likeness (QED) is 0.601. The van der Waals surface area contributed by atoms with Gasteiger partial charge in [0, 0.05) is 13.1 Å².